The number of carbonyl (C=O) groups excluding carboxylic acids is 1. The molecule has 0 bridgehead atoms. The molecule has 4 nitrogen and oxygen atoms in total. The van der Waals surface area contributed by atoms with Crippen LogP contribution in [0.5, 0.6) is 0 Å². The second-order valence-electron chi connectivity index (χ2n) is 7.98. The molecule has 28 heavy (non-hydrogen) atoms. The molecule has 0 saturated carbocycles. The summed E-state index contributed by atoms with van der Waals surface area (Å²) < 4.78 is 0. The Hall–Kier alpha value is -2.04. The standard InChI is InChI=1S/C23H28ClN3O/c1-25(21-12-6-8-18-7-2-3-9-19(18)21)23(28)17-26-13-15-27(16-14-26)22-11-5-4-10-20(22)24/h2-5,7,9-11,21H,6,8,12-17H2,1H3/p+1/t21-/m1/s1. The number of fused-ring (bicyclic) bond motifs is 1. The normalized spacial score (nSPS) is 19.9. The van der Waals surface area contributed by atoms with E-state index in [4.69, 9.17) is 11.6 Å². The Balaban J connectivity index is 1.34. The summed E-state index contributed by atoms with van der Waals surface area (Å²) in [5, 5.41) is 0.803. The van der Waals surface area contributed by atoms with Crippen molar-refractivity contribution in [3.8, 4) is 0 Å². The molecule has 1 heterocycles. The molecule has 4 rings (SSSR count). The first kappa shape index (κ1) is 19.3. The van der Waals surface area contributed by atoms with Gasteiger partial charge in [-0.3, -0.25) is 4.79 Å². The summed E-state index contributed by atoms with van der Waals surface area (Å²) in [6.07, 6.45) is 3.35. The second-order valence-corrected chi connectivity index (χ2v) is 8.38. The number of anilines is 1. The van der Waals surface area contributed by atoms with Gasteiger partial charge in [-0.25, -0.2) is 0 Å². The average molecular weight is 399 g/mol. The van der Waals surface area contributed by atoms with Gasteiger partial charge in [0.05, 0.1) is 42.9 Å². The van der Waals surface area contributed by atoms with Crippen molar-refractivity contribution in [1.29, 1.82) is 0 Å². The molecule has 1 aliphatic carbocycles. The van der Waals surface area contributed by atoms with Crippen molar-refractivity contribution in [2.24, 2.45) is 0 Å². The number of para-hydroxylation sites is 1. The zero-order valence-electron chi connectivity index (χ0n) is 16.5. The van der Waals surface area contributed by atoms with Crippen LogP contribution in [-0.4, -0.2) is 50.6 Å². The molecule has 1 saturated heterocycles. The highest BCUT2D eigenvalue weighted by Gasteiger charge is 2.30. The molecule has 1 amide bonds. The molecule has 1 atom stereocenters. The van der Waals surface area contributed by atoms with Crippen molar-refractivity contribution in [3.05, 3.63) is 64.7 Å². The number of rotatable bonds is 4. The topological polar surface area (TPSA) is 28.0 Å². The van der Waals surface area contributed by atoms with Crippen LogP contribution in [0.4, 0.5) is 5.69 Å². The van der Waals surface area contributed by atoms with E-state index in [-0.39, 0.29) is 11.9 Å². The van der Waals surface area contributed by atoms with Crippen molar-refractivity contribution >= 4 is 23.2 Å². The van der Waals surface area contributed by atoms with Gasteiger partial charge >= 0.3 is 0 Å². The summed E-state index contributed by atoms with van der Waals surface area (Å²) in [6.45, 7) is 4.37. The van der Waals surface area contributed by atoms with Gasteiger partial charge in [-0.05, 0) is 42.5 Å². The highest BCUT2D eigenvalue weighted by atomic mass is 35.5. The fourth-order valence-corrected chi connectivity index (χ4v) is 4.85. The lowest BCUT2D eigenvalue weighted by Crippen LogP contribution is -3.15. The van der Waals surface area contributed by atoms with E-state index in [1.54, 1.807) is 0 Å². The van der Waals surface area contributed by atoms with Crippen LogP contribution in [-0.2, 0) is 11.2 Å². The lowest BCUT2D eigenvalue weighted by molar-refractivity contribution is -0.892. The van der Waals surface area contributed by atoms with Gasteiger partial charge in [0, 0.05) is 7.05 Å². The van der Waals surface area contributed by atoms with Crippen LogP contribution in [0.1, 0.15) is 30.0 Å². The first-order valence-corrected chi connectivity index (χ1v) is 10.7. The van der Waals surface area contributed by atoms with Gasteiger partial charge in [0.25, 0.3) is 5.91 Å². The summed E-state index contributed by atoms with van der Waals surface area (Å²) in [7, 11) is 1.98. The molecule has 1 aliphatic heterocycles. The average Bonchev–Trinajstić information content (AvgIpc) is 2.74. The first-order chi connectivity index (χ1) is 13.6. The third kappa shape index (κ3) is 4.03. The molecular formula is C23H29ClN3O+. The largest absolute Gasteiger partial charge is 0.359 e. The summed E-state index contributed by atoms with van der Waals surface area (Å²) >= 11 is 6.34. The molecule has 2 aromatic carbocycles. The fourth-order valence-electron chi connectivity index (χ4n) is 4.59. The molecular weight excluding hydrogens is 370 g/mol. The van der Waals surface area contributed by atoms with Gasteiger partial charge in [0.2, 0.25) is 0 Å². The SMILES string of the molecule is CN(C(=O)C[NH+]1CCN(c2ccccc2Cl)CC1)[C@@H]1CCCc2ccccc21. The predicted octanol–water partition coefficient (Wildman–Crippen LogP) is 2.58. The molecule has 0 aromatic heterocycles. The third-order valence-corrected chi connectivity index (χ3v) is 6.58. The Labute approximate surface area is 172 Å². The van der Waals surface area contributed by atoms with Crippen LogP contribution >= 0.6 is 11.6 Å². The number of amides is 1. The van der Waals surface area contributed by atoms with Crippen LogP contribution in [0, 0.1) is 0 Å². The summed E-state index contributed by atoms with van der Waals surface area (Å²) in [5.41, 5.74) is 3.84. The molecule has 0 unspecified atom stereocenters. The van der Waals surface area contributed by atoms with Crippen LogP contribution in [0.3, 0.4) is 0 Å². The Morgan fingerprint density at radius 3 is 2.64 bits per heavy atom. The maximum atomic E-state index is 13.0. The van der Waals surface area contributed by atoms with Crippen molar-refractivity contribution < 1.29 is 9.69 Å². The van der Waals surface area contributed by atoms with Crippen molar-refractivity contribution in [2.75, 3.05) is 44.7 Å². The van der Waals surface area contributed by atoms with Gasteiger partial charge in [0.1, 0.15) is 0 Å². The number of nitrogens with zero attached hydrogens (tertiary/aromatic N) is 2. The van der Waals surface area contributed by atoms with E-state index in [1.807, 2.05) is 30.1 Å². The Morgan fingerprint density at radius 1 is 1.14 bits per heavy atom. The van der Waals surface area contributed by atoms with Crippen LogP contribution < -0.4 is 9.80 Å². The van der Waals surface area contributed by atoms with E-state index in [0.29, 0.717) is 6.54 Å². The van der Waals surface area contributed by atoms with Crippen molar-refractivity contribution in [3.63, 3.8) is 0 Å². The number of likely N-dealkylation sites (N-methyl/N-ethyl adjacent to an activating group) is 1. The van der Waals surface area contributed by atoms with E-state index in [1.165, 1.54) is 16.0 Å². The monoisotopic (exact) mass is 398 g/mol. The number of carbonyl (C=O) groups is 1. The Bertz CT molecular complexity index is 832. The quantitative estimate of drug-likeness (QED) is 0.857. The molecule has 2 aliphatic rings. The number of benzene rings is 2. The third-order valence-electron chi connectivity index (χ3n) is 6.26. The Morgan fingerprint density at radius 2 is 1.86 bits per heavy atom. The molecule has 148 valence electrons. The maximum absolute atomic E-state index is 13.0. The Kier molecular flexibility index (Phi) is 5.88. The molecule has 5 heteroatoms. The molecule has 0 spiro atoms. The minimum absolute atomic E-state index is 0.223. The molecule has 1 N–H and O–H groups in total. The highest BCUT2D eigenvalue weighted by molar-refractivity contribution is 6.33. The van der Waals surface area contributed by atoms with Gasteiger partial charge in [-0.1, -0.05) is 48.0 Å². The van der Waals surface area contributed by atoms with Crippen LogP contribution in [0.25, 0.3) is 0 Å². The fraction of sp³-hybridized carbons (Fsp3) is 0.435. The molecule has 1 fully saturated rings. The minimum Gasteiger partial charge on any atom is -0.359 e. The van der Waals surface area contributed by atoms with Crippen molar-refractivity contribution in [1.82, 2.24) is 4.90 Å². The lowest BCUT2D eigenvalue weighted by atomic mass is 9.87. The molecule has 2 aromatic rings. The predicted molar refractivity (Wildman–Crippen MR) is 114 cm³/mol. The van der Waals surface area contributed by atoms with Crippen LogP contribution in [0.2, 0.25) is 5.02 Å². The van der Waals surface area contributed by atoms with Gasteiger partial charge in [-0.2, -0.15) is 0 Å². The van der Waals surface area contributed by atoms with Crippen molar-refractivity contribution in [2.45, 2.75) is 25.3 Å². The van der Waals surface area contributed by atoms with Gasteiger partial charge < -0.3 is 14.7 Å². The van der Waals surface area contributed by atoms with E-state index < -0.39 is 0 Å². The maximum Gasteiger partial charge on any atom is 0.278 e. The van der Waals surface area contributed by atoms with Crippen LogP contribution in [0.15, 0.2) is 48.5 Å². The summed E-state index contributed by atoms with van der Waals surface area (Å²) in [5.74, 6) is 0.253. The summed E-state index contributed by atoms with van der Waals surface area (Å²) in [4.78, 5) is 18.7. The second kappa shape index (κ2) is 8.54. The van der Waals surface area contributed by atoms with E-state index in [9.17, 15) is 4.79 Å². The number of halogens is 1. The minimum atomic E-state index is 0.223. The molecule has 0 radical (unpaired) electrons. The number of hydrogen-bond donors (Lipinski definition) is 1. The van der Waals surface area contributed by atoms with Gasteiger partial charge in [-0.15, -0.1) is 0 Å². The zero-order chi connectivity index (χ0) is 19.5. The van der Waals surface area contributed by atoms with E-state index in [2.05, 4.69) is 35.2 Å². The number of nitrogens with one attached hydrogen (secondary N) is 1. The number of hydrogen-bond acceptors (Lipinski definition) is 2. The van der Waals surface area contributed by atoms with E-state index in [0.717, 1.165) is 56.2 Å². The summed E-state index contributed by atoms with van der Waals surface area (Å²) in [6, 6.07) is 16.8. The zero-order valence-corrected chi connectivity index (χ0v) is 17.3. The van der Waals surface area contributed by atoms with E-state index >= 15 is 0 Å². The number of quaternary nitrogens is 1. The lowest BCUT2D eigenvalue weighted by Gasteiger charge is -2.36. The highest BCUT2D eigenvalue weighted by Crippen LogP contribution is 2.33. The van der Waals surface area contributed by atoms with Gasteiger partial charge in [0.15, 0.2) is 6.54 Å². The first-order valence-electron chi connectivity index (χ1n) is 10.3. The number of aryl methyl sites for hydroxylation is 1. The smallest absolute Gasteiger partial charge is 0.278 e. The number of piperazine rings is 1.